The second-order valence-electron chi connectivity index (χ2n) is 3.07. The number of nitrogens with zero attached hydrogens (tertiary/aromatic N) is 1. The maximum Gasteiger partial charge on any atom is 0.405 e. The summed E-state index contributed by atoms with van der Waals surface area (Å²) in [6.07, 6.45) is -4.38. The number of anilines is 1. The van der Waals surface area contributed by atoms with Gasteiger partial charge in [0.1, 0.15) is 6.54 Å². The molecule has 84 valence electrons. The molecule has 15 heavy (non-hydrogen) atoms. The average Bonchev–Trinajstić information content (AvgIpc) is 2.06. The Labute approximate surface area is 83.1 Å². The summed E-state index contributed by atoms with van der Waals surface area (Å²) >= 11 is 0. The van der Waals surface area contributed by atoms with Gasteiger partial charge in [0, 0.05) is 18.8 Å². The summed E-state index contributed by atoms with van der Waals surface area (Å²) in [4.78, 5) is 0.794. The minimum absolute atomic E-state index is 0.0220. The first kappa shape index (κ1) is 11.7. The van der Waals surface area contributed by atoms with Crippen molar-refractivity contribution >= 4 is 5.69 Å². The first-order valence-corrected chi connectivity index (χ1v) is 4.02. The Morgan fingerprint density at radius 2 is 1.73 bits per heavy atom. The van der Waals surface area contributed by atoms with Gasteiger partial charge in [0.05, 0.1) is 0 Å². The highest BCUT2D eigenvalue weighted by Gasteiger charge is 2.29. The zero-order chi connectivity index (χ0) is 11.6. The van der Waals surface area contributed by atoms with Gasteiger partial charge in [-0.3, -0.25) is 0 Å². The molecule has 0 atom stereocenters. The molecule has 0 aromatic heterocycles. The maximum atomic E-state index is 12.7. The van der Waals surface area contributed by atoms with Crippen molar-refractivity contribution in [3.63, 3.8) is 0 Å². The van der Waals surface area contributed by atoms with Crippen LogP contribution in [0.5, 0.6) is 0 Å². The number of benzene rings is 1. The highest BCUT2D eigenvalue weighted by molar-refractivity contribution is 5.46. The summed E-state index contributed by atoms with van der Waals surface area (Å²) in [6, 6.07) is 2.60. The van der Waals surface area contributed by atoms with Gasteiger partial charge >= 0.3 is 6.18 Å². The quantitative estimate of drug-likeness (QED) is 0.699. The minimum Gasteiger partial charge on any atom is -0.366 e. The summed E-state index contributed by atoms with van der Waals surface area (Å²) in [7, 11) is 1.15. The van der Waals surface area contributed by atoms with Gasteiger partial charge < -0.3 is 4.90 Å². The van der Waals surface area contributed by atoms with E-state index in [0.717, 1.165) is 30.1 Å². The maximum absolute atomic E-state index is 12.7. The van der Waals surface area contributed by atoms with Gasteiger partial charge in [-0.15, -0.1) is 0 Å². The zero-order valence-corrected chi connectivity index (χ0v) is 7.78. The van der Waals surface area contributed by atoms with E-state index in [9.17, 15) is 22.0 Å². The Bertz CT molecular complexity index is 347. The van der Waals surface area contributed by atoms with Crippen molar-refractivity contribution < 1.29 is 22.0 Å². The Morgan fingerprint density at radius 1 is 1.13 bits per heavy atom. The second kappa shape index (κ2) is 4.04. The van der Waals surface area contributed by atoms with Crippen molar-refractivity contribution in [1.82, 2.24) is 0 Å². The lowest BCUT2D eigenvalue weighted by Gasteiger charge is -2.20. The molecule has 0 fully saturated rings. The van der Waals surface area contributed by atoms with Gasteiger partial charge in [0.25, 0.3) is 0 Å². The Morgan fingerprint density at radius 3 is 2.20 bits per heavy atom. The van der Waals surface area contributed by atoms with Crippen molar-refractivity contribution in [2.75, 3.05) is 18.5 Å². The van der Waals surface area contributed by atoms with E-state index in [1.807, 2.05) is 0 Å². The van der Waals surface area contributed by atoms with E-state index < -0.39 is 24.4 Å². The fraction of sp³-hybridized carbons (Fsp3) is 0.333. The molecule has 0 saturated carbocycles. The third-order valence-corrected chi connectivity index (χ3v) is 1.76. The van der Waals surface area contributed by atoms with E-state index in [-0.39, 0.29) is 5.69 Å². The van der Waals surface area contributed by atoms with Crippen LogP contribution in [-0.4, -0.2) is 19.8 Å². The van der Waals surface area contributed by atoms with Crippen LogP contribution in [-0.2, 0) is 0 Å². The molecule has 0 N–H and O–H groups in total. The van der Waals surface area contributed by atoms with Crippen LogP contribution in [0.4, 0.5) is 27.6 Å². The van der Waals surface area contributed by atoms with Crippen LogP contribution in [0.25, 0.3) is 0 Å². The number of hydrogen-bond donors (Lipinski definition) is 0. The molecule has 1 aromatic rings. The molecule has 1 nitrogen and oxygen atoms in total. The summed E-state index contributed by atoms with van der Waals surface area (Å²) in [5, 5.41) is 0. The summed E-state index contributed by atoms with van der Waals surface area (Å²) < 4.78 is 61.1. The molecular weight excluding hydrogens is 217 g/mol. The monoisotopic (exact) mass is 225 g/mol. The SMILES string of the molecule is CN(CC(F)(F)F)c1ccc(F)c(F)c1. The number of hydrogen-bond acceptors (Lipinski definition) is 1. The fourth-order valence-electron chi connectivity index (χ4n) is 1.08. The topological polar surface area (TPSA) is 3.24 Å². The molecule has 1 rings (SSSR count). The molecule has 0 heterocycles. The summed E-state index contributed by atoms with van der Waals surface area (Å²) in [5.74, 6) is -2.25. The molecule has 0 unspecified atom stereocenters. The van der Waals surface area contributed by atoms with Gasteiger partial charge in [-0.2, -0.15) is 13.2 Å². The van der Waals surface area contributed by atoms with Crippen molar-refractivity contribution in [2.24, 2.45) is 0 Å². The first-order chi connectivity index (χ1) is 6.79. The number of rotatable bonds is 2. The average molecular weight is 225 g/mol. The molecule has 0 aliphatic heterocycles. The minimum atomic E-state index is -4.38. The van der Waals surface area contributed by atoms with E-state index in [2.05, 4.69) is 0 Å². The van der Waals surface area contributed by atoms with Gasteiger partial charge in [0.2, 0.25) is 0 Å². The van der Waals surface area contributed by atoms with E-state index >= 15 is 0 Å². The van der Waals surface area contributed by atoms with Gasteiger partial charge in [0.15, 0.2) is 11.6 Å². The lowest BCUT2D eigenvalue weighted by atomic mass is 10.3. The fourth-order valence-corrected chi connectivity index (χ4v) is 1.08. The van der Waals surface area contributed by atoms with Crippen LogP contribution in [0.3, 0.4) is 0 Å². The molecule has 6 heteroatoms. The summed E-state index contributed by atoms with van der Waals surface area (Å²) in [5.41, 5.74) is -0.0220. The van der Waals surface area contributed by atoms with Gasteiger partial charge in [-0.25, -0.2) is 8.78 Å². The van der Waals surface area contributed by atoms with E-state index in [1.165, 1.54) is 0 Å². The third-order valence-electron chi connectivity index (χ3n) is 1.76. The van der Waals surface area contributed by atoms with Crippen molar-refractivity contribution in [1.29, 1.82) is 0 Å². The normalized spacial score (nSPS) is 11.6. The van der Waals surface area contributed by atoms with Crippen molar-refractivity contribution in [2.45, 2.75) is 6.18 Å². The molecule has 0 aliphatic rings. The molecule has 0 saturated heterocycles. The molecule has 1 aromatic carbocycles. The third kappa shape index (κ3) is 3.38. The van der Waals surface area contributed by atoms with Crippen molar-refractivity contribution in [3.8, 4) is 0 Å². The molecule has 0 bridgehead atoms. The van der Waals surface area contributed by atoms with Crippen LogP contribution < -0.4 is 4.90 Å². The highest BCUT2D eigenvalue weighted by atomic mass is 19.4. The predicted molar refractivity (Wildman–Crippen MR) is 45.7 cm³/mol. The lowest BCUT2D eigenvalue weighted by Crippen LogP contribution is -2.30. The van der Waals surface area contributed by atoms with Crippen LogP contribution in [0.15, 0.2) is 18.2 Å². The van der Waals surface area contributed by atoms with Crippen LogP contribution >= 0.6 is 0 Å². The Balaban J connectivity index is 2.83. The predicted octanol–water partition coefficient (Wildman–Crippen LogP) is 2.96. The van der Waals surface area contributed by atoms with Crippen molar-refractivity contribution in [3.05, 3.63) is 29.8 Å². The van der Waals surface area contributed by atoms with Crippen LogP contribution in [0.2, 0.25) is 0 Å². The summed E-state index contributed by atoms with van der Waals surface area (Å²) in [6.45, 7) is -1.21. The standard InChI is InChI=1S/C9H8F5N/c1-15(5-9(12,13)14)6-2-3-7(10)8(11)4-6/h2-4H,5H2,1H3. The molecule has 0 amide bonds. The smallest absolute Gasteiger partial charge is 0.366 e. The Kier molecular flexibility index (Phi) is 3.16. The largest absolute Gasteiger partial charge is 0.405 e. The molecule has 0 radical (unpaired) electrons. The van der Waals surface area contributed by atoms with E-state index in [0.29, 0.717) is 0 Å². The van der Waals surface area contributed by atoms with E-state index in [4.69, 9.17) is 0 Å². The Hall–Kier alpha value is -1.33. The van der Waals surface area contributed by atoms with E-state index in [1.54, 1.807) is 0 Å². The number of alkyl halides is 3. The second-order valence-corrected chi connectivity index (χ2v) is 3.07. The first-order valence-electron chi connectivity index (χ1n) is 4.02. The highest BCUT2D eigenvalue weighted by Crippen LogP contribution is 2.22. The zero-order valence-electron chi connectivity index (χ0n) is 7.78. The molecular formula is C9H8F5N. The van der Waals surface area contributed by atoms with Crippen LogP contribution in [0.1, 0.15) is 0 Å². The number of halogens is 5. The van der Waals surface area contributed by atoms with Gasteiger partial charge in [-0.05, 0) is 12.1 Å². The molecule has 0 aliphatic carbocycles. The van der Waals surface area contributed by atoms with Gasteiger partial charge in [-0.1, -0.05) is 0 Å². The lowest BCUT2D eigenvalue weighted by molar-refractivity contribution is -0.119. The van der Waals surface area contributed by atoms with Crippen LogP contribution in [0, 0.1) is 11.6 Å². The molecule has 0 spiro atoms.